The molecule has 1 heterocycles. The molecule has 1 unspecified atom stereocenters. The number of benzene rings is 1. The molecule has 2 amide bonds. The second-order valence-corrected chi connectivity index (χ2v) is 4.31. The first-order chi connectivity index (χ1) is 7.08. The highest BCUT2D eigenvalue weighted by Crippen LogP contribution is 2.22. The molecule has 2 rings (SSSR count). The lowest BCUT2D eigenvalue weighted by Crippen LogP contribution is -2.22. The second kappa shape index (κ2) is 3.66. The molecule has 1 fully saturated rings. The summed E-state index contributed by atoms with van der Waals surface area (Å²) in [5, 5.41) is 12.7. The highest BCUT2D eigenvalue weighted by atomic mass is 79.9. The number of halogens is 1. The SMILES string of the molecule is Cc1cc(C2NC(=O)NC2=N)ccc1Br. The molecule has 78 valence electrons. The molecule has 0 saturated carbocycles. The fraction of sp³-hybridized carbons (Fsp3) is 0.200. The van der Waals surface area contributed by atoms with Crippen LogP contribution in [0.3, 0.4) is 0 Å². The molecule has 0 spiro atoms. The topological polar surface area (TPSA) is 65.0 Å². The normalized spacial score (nSPS) is 20.0. The summed E-state index contributed by atoms with van der Waals surface area (Å²) in [6.45, 7) is 1.97. The van der Waals surface area contributed by atoms with E-state index in [1.165, 1.54) is 0 Å². The Hall–Kier alpha value is -1.36. The van der Waals surface area contributed by atoms with Crippen molar-refractivity contribution >= 4 is 27.8 Å². The van der Waals surface area contributed by atoms with Gasteiger partial charge in [0.1, 0.15) is 11.9 Å². The second-order valence-electron chi connectivity index (χ2n) is 3.45. The van der Waals surface area contributed by atoms with E-state index in [1.807, 2.05) is 25.1 Å². The van der Waals surface area contributed by atoms with Gasteiger partial charge in [0, 0.05) is 4.47 Å². The number of nitrogens with one attached hydrogen (secondary N) is 3. The van der Waals surface area contributed by atoms with Gasteiger partial charge in [-0.05, 0) is 24.1 Å². The van der Waals surface area contributed by atoms with Gasteiger partial charge >= 0.3 is 6.03 Å². The number of carbonyl (C=O) groups is 1. The van der Waals surface area contributed by atoms with Crippen molar-refractivity contribution in [2.75, 3.05) is 0 Å². The molecule has 1 saturated heterocycles. The molecule has 5 heteroatoms. The van der Waals surface area contributed by atoms with Crippen LogP contribution >= 0.6 is 15.9 Å². The first-order valence-electron chi connectivity index (χ1n) is 4.50. The Balaban J connectivity index is 2.34. The van der Waals surface area contributed by atoms with E-state index in [4.69, 9.17) is 5.41 Å². The van der Waals surface area contributed by atoms with Gasteiger partial charge in [-0.3, -0.25) is 10.7 Å². The molecule has 4 nitrogen and oxygen atoms in total. The summed E-state index contributed by atoms with van der Waals surface area (Å²) in [4.78, 5) is 11.0. The number of carbonyl (C=O) groups excluding carboxylic acids is 1. The number of aryl methyl sites for hydroxylation is 1. The minimum Gasteiger partial charge on any atom is -0.324 e. The summed E-state index contributed by atoms with van der Waals surface area (Å²) in [7, 11) is 0. The molecule has 3 N–H and O–H groups in total. The van der Waals surface area contributed by atoms with E-state index in [2.05, 4.69) is 26.6 Å². The zero-order chi connectivity index (χ0) is 11.0. The van der Waals surface area contributed by atoms with Crippen LogP contribution in [-0.4, -0.2) is 11.9 Å². The van der Waals surface area contributed by atoms with Crippen molar-refractivity contribution in [2.24, 2.45) is 0 Å². The maximum atomic E-state index is 11.0. The average molecular weight is 268 g/mol. The first-order valence-corrected chi connectivity index (χ1v) is 5.29. The smallest absolute Gasteiger partial charge is 0.321 e. The molecular formula is C10H10BrN3O. The maximum Gasteiger partial charge on any atom is 0.321 e. The van der Waals surface area contributed by atoms with Crippen molar-refractivity contribution in [3.63, 3.8) is 0 Å². The highest BCUT2D eigenvalue weighted by Gasteiger charge is 2.27. The molecule has 1 aromatic rings. The Labute approximate surface area is 95.7 Å². The largest absolute Gasteiger partial charge is 0.324 e. The van der Waals surface area contributed by atoms with Crippen molar-refractivity contribution in [1.82, 2.24) is 10.6 Å². The van der Waals surface area contributed by atoms with E-state index < -0.39 is 0 Å². The third kappa shape index (κ3) is 1.87. The summed E-state index contributed by atoms with van der Waals surface area (Å²) in [5.41, 5.74) is 2.00. The standard InChI is InChI=1S/C10H10BrN3O/c1-5-4-6(2-3-7(5)11)8-9(12)14-10(15)13-8/h2-4,8H,1H3,(H3,12,13,14,15). The lowest BCUT2D eigenvalue weighted by Gasteiger charge is -2.10. The van der Waals surface area contributed by atoms with Gasteiger partial charge in [0.05, 0.1) is 0 Å². The lowest BCUT2D eigenvalue weighted by atomic mass is 10.0. The Morgan fingerprint density at radius 3 is 2.73 bits per heavy atom. The summed E-state index contributed by atoms with van der Waals surface area (Å²) in [6, 6.07) is 5.11. The molecule has 1 aliphatic rings. The van der Waals surface area contributed by atoms with Gasteiger partial charge in [-0.15, -0.1) is 0 Å². The summed E-state index contributed by atoms with van der Waals surface area (Å²) in [6.07, 6.45) is 0. The molecule has 1 atom stereocenters. The molecule has 0 radical (unpaired) electrons. The minimum atomic E-state index is -0.343. The molecule has 0 aromatic heterocycles. The molecule has 1 aliphatic heterocycles. The van der Waals surface area contributed by atoms with Gasteiger partial charge in [0.25, 0.3) is 0 Å². The minimum absolute atomic E-state index is 0.196. The number of hydrogen-bond acceptors (Lipinski definition) is 2. The van der Waals surface area contributed by atoms with Crippen LogP contribution in [0, 0.1) is 12.3 Å². The van der Waals surface area contributed by atoms with Crippen LogP contribution in [0.1, 0.15) is 17.2 Å². The van der Waals surface area contributed by atoms with Gasteiger partial charge in [0.15, 0.2) is 0 Å². The Kier molecular flexibility index (Phi) is 2.48. The maximum absolute atomic E-state index is 11.0. The molecule has 15 heavy (non-hydrogen) atoms. The van der Waals surface area contributed by atoms with Gasteiger partial charge < -0.3 is 5.32 Å². The van der Waals surface area contributed by atoms with Crippen LogP contribution in [-0.2, 0) is 0 Å². The van der Waals surface area contributed by atoms with Crippen LogP contribution < -0.4 is 10.6 Å². The van der Waals surface area contributed by atoms with Crippen LogP contribution in [0.4, 0.5) is 4.79 Å². The number of rotatable bonds is 1. The quantitative estimate of drug-likeness (QED) is 0.717. The summed E-state index contributed by atoms with van der Waals surface area (Å²) < 4.78 is 1.02. The first kappa shape index (κ1) is 10.2. The van der Waals surface area contributed by atoms with Crippen molar-refractivity contribution in [2.45, 2.75) is 13.0 Å². The van der Waals surface area contributed by atoms with E-state index in [1.54, 1.807) is 0 Å². The third-order valence-corrected chi connectivity index (χ3v) is 3.22. The van der Waals surface area contributed by atoms with Crippen molar-refractivity contribution in [1.29, 1.82) is 5.41 Å². The molecule has 1 aromatic carbocycles. The molecular weight excluding hydrogens is 258 g/mol. The molecule has 0 aliphatic carbocycles. The Morgan fingerprint density at radius 2 is 2.20 bits per heavy atom. The lowest BCUT2D eigenvalue weighted by molar-refractivity contribution is 0.248. The Bertz CT molecular complexity index is 444. The number of hydrogen-bond donors (Lipinski definition) is 3. The van der Waals surface area contributed by atoms with Crippen LogP contribution in [0.5, 0.6) is 0 Å². The number of amides is 2. The number of amidine groups is 1. The number of urea groups is 1. The van der Waals surface area contributed by atoms with Crippen molar-refractivity contribution < 1.29 is 4.79 Å². The molecule has 0 bridgehead atoms. The fourth-order valence-electron chi connectivity index (χ4n) is 1.53. The van der Waals surface area contributed by atoms with Crippen molar-refractivity contribution in [3.05, 3.63) is 33.8 Å². The van der Waals surface area contributed by atoms with Gasteiger partial charge in [-0.25, -0.2) is 4.79 Å². The van der Waals surface area contributed by atoms with E-state index in [-0.39, 0.29) is 17.9 Å². The van der Waals surface area contributed by atoms with Crippen LogP contribution in [0.25, 0.3) is 0 Å². The van der Waals surface area contributed by atoms with E-state index >= 15 is 0 Å². The monoisotopic (exact) mass is 267 g/mol. The average Bonchev–Trinajstić information content (AvgIpc) is 2.50. The fourth-order valence-corrected chi connectivity index (χ4v) is 1.78. The van der Waals surface area contributed by atoms with E-state index in [0.29, 0.717) is 0 Å². The van der Waals surface area contributed by atoms with E-state index in [9.17, 15) is 4.79 Å². The van der Waals surface area contributed by atoms with Gasteiger partial charge in [-0.1, -0.05) is 28.1 Å². The highest BCUT2D eigenvalue weighted by molar-refractivity contribution is 9.10. The van der Waals surface area contributed by atoms with Crippen LogP contribution in [0.2, 0.25) is 0 Å². The van der Waals surface area contributed by atoms with Gasteiger partial charge in [0.2, 0.25) is 0 Å². The summed E-state index contributed by atoms with van der Waals surface area (Å²) in [5.74, 6) is 0.196. The zero-order valence-electron chi connectivity index (χ0n) is 8.10. The van der Waals surface area contributed by atoms with Crippen molar-refractivity contribution in [3.8, 4) is 0 Å². The predicted octanol–water partition coefficient (Wildman–Crippen LogP) is 2.09. The predicted molar refractivity (Wildman–Crippen MR) is 61.0 cm³/mol. The van der Waals surface area contributed by atoms with Crippen LogP contribution in [0.15, 0.2) is 22.7 Å². The Morgan fingerprint density at radius 1 is 1.47 bits per heavy atom. The van der Waals surface area contributed by atoms with E-state index in [0.717, 1.165) is 15.6 Å². The summed E-state index contributed by atoms with van der Waals surface area (Å²) >= 11 is 3.41. The third-order valence-electron chi connectivity index (χ3n) is 2.33. The zero-order valence-corrected chi connectivity index (χ0v) is 9.68. The van der Waals surface area contributed by atoms with Gasteiger partial charge in [-0.2, -0.15) is 0 Å².